The van der Waals surface area contributed by atoms with Crippen LogP contribution in [-0.4, -0.2) is 47.4 Å². The predicted molar refractivity (Wildman–Crippen MR) is 120 cm³/mol. The highest BCUT2D eigenvalue weighted by Gasteiger charge is 2.33. The summed E-state index contributed by atoms with van der Waals surface area (Å²) in [5, 5.41) is 16.3. The summed E-state index contributed by atoms with van der Waals surface area (Å²) < 4.78 is 0. The van der Waals surface area contributed by atoms with E-state index in [0.717, 1.165) is 25.7 Å². The number of benzene rings is 1. The van der Waals surface area contributed by atoms with Crippen molar-refractivity contribution in [3.8, 4) is 0 Å². The molecule has 7 nitrogen and oxygen atoms in total. The number of rotatable bonds is 7. The van der Waals surface area contributed by atoms with E-state index in [4.69, 9.17) is 5.73 Å². The van der Waals surface area contributed by atoms with Gasteiger partial charge >= 0.3 is 6.03 Å². The van der Waals surface area contributed by atoms with Gasteiger partial charge in [0.25, 0.3) is 0 Å². The molecule has 0 spiro atoms. The second-order valence-corrected chi connectivity index (χ2v) is 8.50. The molecule has 5 N–H and O–H groups in total. The Hall–Kier alpha value is -2.64. The van der Waals surface area contributed by atoms with Gasteiger partial charge in [0.15, 0.2) is 0 Å². The van der Waals surface area contributed by atoms with Crippen molar-refractivity contribution in [3.05, 3.63) is 60.2 Å². The summed E-state index contributed by atoms with van der Waals surface area (Å²) in [7, 11) is 0. The molecule has 0 aromatic heterocycles. The molecule has 0 aliphatic heterocycles. The molecule has 2 aliphatic rings. The number of carbonyl (C=O) groups is 2. The highest BCUT2D eigenvalue weighted by molar-refractivity contribution is 5.87. The van der Waals surface area contributed by atoms with Crippen LogP contribution in [0.3, 0.4) is 0 Å². The molecule has 0 radical (unpaired) electrons. The van der Waals surface area contributed by atoms with Crippen molar-refractivity contribution in [1.82, 2.24) is 15.7 Å². The lowest BCUT2D eigenvalue weighted by Gasteiger charge is -2.30. The van der Waals surface area contributed by atoms with Crippen molar-refractivity contribution >= 4 is 11.9 Å². The minimum Gasteiger partial charge on any atom is -0.353 e. The van der Waals surface area contributed by atoms with Gasteiger partial charge in [0.05, 0.1) is 12.0 Å². The molecule has 2 atom stereocenters. The summed E-state index contributed by atoms with van der Waals surface area (Å²) in [4.78, 5) is 25.0. The Labute approximate surface area is 184 Å². The molecule has 1 aromatic carbocycles. The van der Waals surface area contributed by atoms with Crippen molar-refractivity contribution in [1.29, 1.82) is 0 Å². The Morgan fingerprint density at radius 1 is 1.19 bits per heavy atom. The van der Waals surface area contributed by atoms with Crippen LogP contribution in [0.1, 0.15) is 50.5 Å². The topological polar surface area (TPSA) is 108 Å². The molecule has 1 saturated carbocycles. The van der Waals surface area contributed by atoms with Crippen LogP contribution in [-0.2, 0) is 4.79 Å². The summed E-state index contributed by atoms with van der Waals surface area (Å²) in [6, 6.07) is 9.66. The maximum atomic E-state index is 12.9. The van der Waals surface area contributed by atoms with Crippen molar-refractivity contribution in [2.24, 2.45) is 11.1 Å². The predicted octanol–water partition coefficient (Wildman–Crippen LogP) is 3.08. The first kappa shape index (κ1) is 23.0. The lowest BCUT2D eigenvalue weighted by molar-refractivity contribution is -0.127. The van der Waals surface area contributed by atoms with Gasteiger partial charge in [-0.25, -0.2) is 9.86 Å². The first-order valence-corrected chi connectivity index (χ1v) is 11.2. The SMILES string of the molecule is CCC1(C(=O)NCCN(O)C(=O)NC2CCCC(N)C2)C=CC(c2ccccc2)C=C1. The van der Waals surface area contributed by atoms with E-state index >= 15 is 0 Å². The van der Waals surface area contributed by atoms with E-state index in [2.05, 4.69) is 34.9 Å². The van der Waals surface area contributed by atoms with Gasteiger partial charge < -0.3 is 16.4 Å². The number of urea groups is 1. The third kappa shape index (κ3) is 5.95. The smallest absolute Gasteiger partial charge is 0.341 e. The number of amides is 3. The minimum atomic E-state index is -0.716. The maximum Gasteiger partial charge on any atom is 0.341 e. The fourth-order valence-electron chi connectivity index (χ4n) is 4.26. The average molecular weight is 427 g/mol. The van der Waals surface area contributed by atoms with Crippen molar-refractivity contribution in [2.75, 3.05) is 13.1 Å². The molecule has 3 amide bonds. The minimum absolute atomic E-state index is 0.0101. The monoisotopic (exact) mass is 426 g/mol. The highest BCUT2D eigenvalue weighted by atomic mass is 16.5. The van der Waals surface area contributed by atoms with Crippen LogP contribution < -0.4 is 16.4 Å². The van der Waals surface area contributed by atoms with Gasteiger partial charge in [0.2, 0.25) is 5.91 Å². The second-order valence-electron chi connectivity index (χ2n) is 8.50. The van der Waals surface area contributed by atoms with Gasteiger partial charge in [0, 0.05) is 24.5 Å². The number of carbonyl (C=O) groups excluding carboxylic acids is 2. The van der Waals surface area contributed by atoms with Crippen molar-refractivity contribution < 1.29 is 14.8 Å². The largest absolute Gasteiger partial charge is 0.353 e. The number of allylic oxidation sites excluding steroid dienone is 2. The lowest BCUT2D eigenvalue weighted by Crippen LogP contribution is -2.49. The zero-order chi connectivity index (χ0) is 22.3. The number of nitrogens with two attached hydrogens (primary N) is 1. The van der Waals surface area contributed by atoms with Gasteiger partial charge in [-0.2, -0.15) is 0 Å². The fraction of sp³-hybridized carbons (Fsp3) is 0.500. The number of hydrogen-bond acceptors (Lipinski definition) is 4. The first-order chi connectivity index (χ1) is 14.9. The Kier molecular flexibility index (Phi) is 7.87. The molecule has 1 fully saturated rings. The van der Waals surface area contributed by atoms with Crippen LogP contribution in [0.2, 0.25) is 0 Å². The molecule has 2 unspecified atom stereocenters. The molecule has 0 saturated heterocycles. The lowest BCUT2D eigenvalue weighted by atomic mass is 9.77. The normalized spacial score (nSPS) is 27.5. The Morgan fingerprint density at radius 2 is 1.90 bits per heavy atom. The number of nitrogens with one attached hydrogen (secondary N) is 2. The highest BCUT2D eigenvalue weighted by Crippen LogP contribution is 2.34. The van der Waals surface area contributed by atoms with Crippen LogP contribution in [0.4, 0.5) is 4.79 Å². The molecule has 2 aliphatic carbocycles. The Balaban J connectivity index is 1.47. The quantitative estimate of drug-likeness (QED) is 0.305. The molecule has 168 valence electrons. The van der Waals surface area contributed by atoms with E-state index in [1.54, 1.807) is 0 Å². The summed E-state index contributed by atoms with van der Waals surface area (Å²) in [5.74, 6) is 0.0132. The second kappa shape index (κ2) is 10.6. The summed E-state index contributed by atoms with van der Waals surface area (Å²) in [6.45, 7) is 2.15. The maximum absolute atomic E-state index is 12.9. The van der Waals surface area contributed by atoms with Gasteiger partial charge in [-0.1, -0.05) is 61.6 Å². The summed E-state index contributed by atoms with van der Waals surface area (Å²) in [5.41, 5.74) is 6.41. The van der Waals surface area contributed by atoms with E-state index in [1.165, 1.54) is 5.56 Å². The van der Waals surface area contributed by atoms with Gasteiger partial charge in [0.1, 0.15) is 0 Å². The average Bonchev–Trinajstić information content (AvgIpc) is 2.79. The number of hydrogen-bond donors (Lipinski definition) is 4. The molecule has 7 heteroatoms. The Bertz CT molecular complexity index is 794. The molecular weight excluding hydrogens is 392 g/mol. The number of nitrogens with zero attached hydrogens (tertiary/aromatic N) is 1. The van der Waals surface area contributed by atoms with Crippen LogP contribution in [0, 0.1) is 5.41 Å². The van der Waals surface area contributed by atoms with E-state index in [9.17, 15) is 14.8 Å². The standard InChI is InChI=1S/C24H34N4O3/c1-2-24(13-11-19(12-14-24)18-7-4-3-5-8-18)22(29)26-15-16-28(31)23(30)27-21-10-6-9-20(25)17-21/h3-5,7-8,11-14,19-21,31H,2,6,9-10,15-17,25H2,1H3,(H,26,29)(H,27,30). The molecule has 0 heterocycles. The number of hydroxylamine groups is 2. The molecular formula is C24H34N4O3. The third-order valence-electron chi connectivity index (χ3n) is 6.28. The van der Waals surface area contributed by atoms with E-state index in [-0.39, 0.29) is 37.0 Å². The van der Waals surface area contributed by atoms with E-state index in [1.807, 2.05) is 37.3 Å². The van der Waals surface area contributed by atoms with Crippen molar-refractivity contribution in [3.63, 3.8) is 0 Å². The third-order valence-corrected chi connectivity index (χ3v) is 6.28. The van der Waals surface area contributed by atoms with Gasteiger partial charge in [-0.05, 0) is 37.7 Å². The Morgan fingerprint density at radius 3 is 2.55 bits per heavy atom. The summed E-state index contributed by atoms with van der Waals surface area (Å²) in [6.07, 6.45) is 12.2. The zero-order valence-electron chi connectivity index (χ0n) is 18.2. The van der Waals surface area contributed by atoms with Crippen LogP contribution in [0.5, 0.6) is 0 Å². The van der Waals surface area contributed by atoms with Crippen LogP contribution in [0.25, 0.3) is 0 Å². The van der Waals surface area contributed by atoms with E-state index in [0.29, 0.717) is 11.5 Å². The molecule has 0 bridgehead atoms. The fourth-order valence-corrected chi connectivity index (χ4v) is 4.26. The van der Waals surface area contributed by atoms with E-state index < -0.39 is 11.4 Å². The molecule has 3 rings (SSSR count). The van der Waals surface area contributed by atoms with Crippen LogP contribution in [0.15, 0.2) is 54.6 Å². The summed E-state index contributed by atoms with van der Waals surface area (Å²) >= 11 is 0. The van der Waals surface area contributed by atoms with Gasteiger partial charge in [-0.3, -0.25) is 10.0 Å². The van der Waals surface area contributed by atoms with Crippen LogP contribution >= 0.6 is 0 Å². The molecule has 1 aromatic rings. The first-order valence-electron chi connectivity index (χ1n) is 11.2. The zero-order valence-corrected chi connectivity index (χ0v) is 18.2. The molecule has 31 heavy (non-hydrogen) atoms. The van der Waals surface area contributed by atoms with Crippen molar-refractivity contribution in [2.45, 2.75) is 57.0 Å². The van der Waals surface area contributed by atoms with Gasteiger partial charge in [-0.15, -0.1) is 0 Å².